The second kappa shape index (κ2) is 31.9. The zero-order valence-electron chi connectivity index (χ0n) is 64.0. The molecule has 112 heavy (non-hydrogen) atoms. The molecule has 1 spiro atoms. The molecule has 0 saturated carbocycles. The molecule has 11 N–H and O–H groups in total. The van der Waals surface area contributed by atoms with Crippen molar-refractivity contribution >= 4 is 105 Å². The average Bonchev–Trinajstić information content (AvgIpc) is 1.62. The molecule has 0 amide bonds. The van der Waals surface area contributed by atoms with Gasteiger partial charge in [0.05, 0.1) is 57.4 Å². The Hall–Kier alpha value is -11.8. The number of oxime groups is 2. The Morgan fingerprint density at radius 1 is 0.455 bits per heavy atom. The van der Waals surface area contributed by atoms with Gasteiger partial charge in [0.15, 0.2) is 5.79 Å². The van der Waals surface area contributed by atoms with E-state index in [4.69, 9.17) is 44.3 Å². The second-order valence-electron chi connectivity index (χ2n) is 30.5. The fraction of sp³-hybridized carbons (Fsp3) is 0.330. The first-order valence-corrected chi connectivity index (χ1v) is 39.2. The van der Waals surface area contributed by atoms with E-state index in [9.17, 15) is 14.4 Å². The summed E-state index contributed by atoms with van der Waals surface area (Å²) in [5.74, 6) is 0.867. The molecule has 21 nitrogen and oxygen atoms in total. The van der Waals surface area contributed by atoms with Crippen LogP contribution in [0.4, 0.5) is 0 Å². The number of nitrogens with one attached hydrogen (secondary N) is 7. The number of benzene rings is 7. The number of nitrogens with zero attached hydrogens (tertiary/aromatic N) is 2. The van der Waals surface area contributed by atoms with Crippen molar-refractivity contribution in [2.45, 2.75) is 154 Å². The Morgan fingerprint density at radius 3 is 1.55 bits per heavy atom. The number of carboxylic acid groups (broad SMARTS) is 2. The average molecular weight is 1510 g/mol. The van der Waals surface area contributed by atoms with E-state index in [-0.39, 0.29) is 11.7 Å². The Morgan fingerprint density at radius 2 is 0.955 bits per heavy atom. The van der Waals surface area contributed by atoms with Crippen LogP contribution in [0.1, 0.15) is 152 Å². The number of aromatic amines is 7. The Kier molecular flexibility index (Phi) is 21.1. The fourth-order valence-electron chi connectivity index (χ4n) is 18.1. The van der Waals surface area contributed by atoms with E-state index in [1.807, 2.05) is 60.7 Å². The van der Waals surface area contributed by atoms with Gasteiger partial charge < -0.3 is 79.2 Å². The van der Waals surface area contributed by atoms with Crippen LogP contribution in [0.15, 0.2) is 144 Å². The van der Waals surface area contributed by atoms with Crippen LogP contribution >= 0.6 is 0 Å². The summed E-state index contributed by atoms with van der Waals surface area (Å²) in [6.45, 7) is 5.64. The highest BCUT2D eigenvalue weighted by Crippen LogP contribution is 2.42. The summed E-state index contributed by atoms with van der Waals surface area (Å²) in [6.07, 6.45) is 19.6. The summed E-state index contributed by atoms with van der Waals surface area (Å²) < 4.78 is 27.5. The molecular weight excluding hydrogens is 1410 g/mol. The van der Waals surface area contributed by atoms with Crippen molar-refractivity contribution in [2.75, 3.05) is 34.5 Å². The first-order chi connectivity index (χ1) is 54.6. The van der Waals surface area contributed by atoms with Gasteiger partial charge in [0.25, 0.3) is 0 Å². The third kappa shape index (κ3) is 14.8. The molecule has 0 bridgehead atoms. The van der Waals surface area contributed by atoms with Crippen LogP contribution in [0.5, 0.6) is 17.2 Å². The highest BCUT2D eigenvalue weighted by Gasteiger charge is 2.41. The van der Waals surface area contributed by atoms with Gasteiger partial charge >= 0.3 is 11.9 Å². The Bertz CT molecular complexity index is 5980. The number of fused-ring (bicyclic) bond motifs is 21. The number of para-hydroxylation sites is 2. The topological polar surface area (TPSA) is 314 Å². The van der Waals surface area contributed by atoms with Crippen LogP contribution < -0.4 is 14.2 Å². The molecule has 576 valence electrons. The highest BCUT2D eigenvalue weighted by molar-refractivity contribution is 6.12. The maximum absolute atomic E-state index is 11.5. The molecule has 7 aromatic carbocycles. The van der Waals surface area contributed by atoms with Gasteiger partial charge in [0, 0.05) is 160 Å². The fourth-order valence-corrected chi connectivity index (χ4v) is 18.1. The third-order valence-electron chi connectivity index (χ3n) is 23.8. The second-order valence-corrected chi connectivity index (χ2v) is 30.5. The quantitative estimate of drug-likeness (QED) is 0.0566. The monoisotopic (exact) mass is 1510 g/mol. The molecule has 21 heteroatoms. The molecule has 22 rings (SSSR count). The number of carbonyl (C=O) groups is 3. The summed E-state index contributed by atoms with van der Waals surface area (Å²) in [7, 11) is 5.07. The number of hydrogen-bond acceptors (Lipinski definition) is 12. The number of ketones is 1. The number of hydrogen-bond donors (Lipinski definition) is 11. The normalized spacial score (nSPS) is 17.4. The van der Waals surface area contributed by atoms with E-state index in [1.165, 1.54) is 148 Å². The first kappa shape index (κ1) is 74.3. The highest BCUT2D eigenvalue weighted by atomic mass is 16.7. The van der Waals surface area contributed by atoms with Gasteiger partial charge in [-0.2, -0.15) is 0 Å². The zero-order chi connectivity index (χ0) is 77.3. The summed E-state index contributed by atoms with van der Waals surface area (Å²) in [4.78, 5) is 57.4. The molecule has 0 radical (unpaired) electrons. The summed E-state index contributed by atoms with van der Waals surface area (Å²) >= 11 is 0. The Balaban J connectivity index is 0.0000000990. The lowest BCUT2D eigenvalue weighted by Crippen LogP contribution is -2.36. The number of carbonyl (C=O) groups excluding carboxylic acids is 1. The summed E-state index contributed by atoms with van der Waals surface area (Å²) in [5.41, 5.74) is 30.5. The molecule has 8 heterocycles. The minimum Gasteiger partial charge on any atom is -0.497 e. The molecule has 1 fully saturated rings. The smallest absolute Gasteiger partial charge is 0.335 e. The standard InChI is InChI=1S/C15H17NO3.C15H17NO2.C13H13NO2.2C12H12N2O.C12H11NO2.C12H13NO/c1-17-10-2-3-13-11(8-10)12-9-15(18-6-7-19-15)5-4-14(12)16-13;1-8-3-4-9(2)14-13(8)11-6-5-10(15(17)18)7-12(11)16-14;1-16-9-3-5-13-11(7-9)10-6-8(15)2-4-12(10)14-13;15-14-11-7-3-6-10-12(11)8-4-1-2-5-9(8)13-10;15-14-8-5-6-12-10(7-8)9-3-1-2-4-11(9)13-12;14-12(15)7-4-5-11-9(6-7)8-2-1-3-10(8)13-11;1-14-8-5-6-12-10(7-8)9-3-2-4-11(9)13-12/h2-3,8,16H,4-7,9H2,1H3;3-4,10,16H,5-7H2,1-2H3,(H,17,18);3,5,7,14H,2,4,6H2,1H3;1-2,4-5,13,15H,3,6-7H2;1-4,13,15H,5-7H2;4-6,13H,1-3H2,(H,14,15);5-7,13H,2-4H2,1H3/b;;;14-11+;14-8+;;. The zero-order valence-corrected chi connectivity index (χ0v) is 64.0. The van der Waals surface area contributed by atoms with Gasteiger partial charge in [-0.3, -0.25) is 9.59 Å². The number of aromatic carboxylic acids is 1. The number of aliphatic carboxylic acids is 1. The van der Waals surface area contributed by atoms with E-state index in [1.54, 1.807) is 33.5 Å². The molecule has 1 atom stereocenters. The van der Waals surface area contributed by atoms with Crippen LogP contribution in [0.2, 0.25) is 0 Å². The van der Waals surface area contributed by atoms with Crippen LogP contribution in [-0.4, -0.2) is 125 Å². The van der Waals surface area contributed by atoms with E-state index < -0.39 is 11.9 Å². The maximum atomic E-state index is 11.5. The van der Waals surface area contributed by atoms with E-state index in [0.717, 1.165) is 163 Å². The van der Waals surface area contributed by atoms with Gasteiger partial charge in [-0.05, 0) is 240 Å². The van der Waals surface area contributed by atoms with Gasteiger partial charge in [0.2, 0.25) is 0 Å². The molecule has 7 aromatic heterocycles. The van der Waals surface area contributed by atoms with Crippen molar-refractivity contribution < 1.29 is 58.7 Å². The Labute approximate surface area is 647 Å². The lowest BCUT2D eigenvalue weighted by Gasteiger charge is -2.31. The van der Waals surface area contributed by atoms with Crippen molar-refractivity contribution in [3.63, 3.8) is 0 Å². The molecule has 8 aliphatic rings. The number of H-pyrrole nitrogens is 7. The van der Waals surface area contributed by atoms with E-state index in [2.05, 4.69) is 120 Å². The largest absolute Gasteiger partial charge is 0.497 e. The SMILES string of the molecule is COc1ccc2[nH]c3c(c2c1)CC(=O)CC3.COc1ccc2[nH]c3c(c2c1)CC1(CC3)OCCO1.COc1ccc2[nH]c3c(c2c1)CCC3.Cc1ccc(C)c2c3c([nH]c12)CC(C(=O)O)CC3.O/N=C1\CCCc2[nH]c3ccccc3c21.O/N=C1\CCc2[nH]c3ccccc3c2C1.O=C(O)c1ccc2[nH]c3c(c2c1)CCC3. The van der Waals surface area contributed by atoms with Crippen molar-refractivity contribution in [2.24, 2.45) is 16.2 Å². The molecule has 1 unspecified atom stereocenters. The van der Waals surface area contributed by atoms with Crippen LogP contribution in [0, 0.1) is 19.8 Å². The first-order valence-electron chi connectivity index (χ1n) is 39.2. The van der Waals surface area contributed by atoms with Crippen LogP contribution in [0.3, 0.4) is 0 Å². The number of carboxylic acids is 2. The van der Waals surface area contributed by atoms with Gasteiger partial charge in [-0.15, -0.1) is 0 Å². The third-order valence-corrected chi connectivity index (χ3v) is 23.8. The molecule has 1 saturated heterocycles. The predicted molar refractivity (Wildman–Crippen MR) is 438 cm³/mol. The molecule has 14 aromatic rings. The number of methoxy groups -OCH3 is 3. The van der Waals surface area contributed by atoms with Gasteiger partial charge in [-0.1, -0.05) is 58.8 Å². The number of Topliss-reactive ketones (excluding diaryl/α,β-unsaturated/α-hetero) is 1. The summed E-state index contributed by atoms with van der Waals surface area (Å²) in [5, 5.41) is 51.1. The van der Waals surface area contributed by atoms with E-state index >= 15 is 0 Å². The predicted octanol–water partition coefficient (Wildman–Crippen LogP) is 17.8. The van der Waals surface area contributed by atoms with Gasteiger partial charge in [-0.25, -0.2) is 4.79 Å². The van der Waals surface area contributed by atoms with Crippen LogP contribution in [0.25, 0.3) is 76.3 Å². The van der Waals surface area contributed by atoms with Crippen molar-refractivity contribution in [3.8, 4) is 17.2 Å². The number of aromatic nitrogens is 7. The summed E-state index contributed by atoms with van der Waals surface area (Å²) in [6, 6.07) is 44.3. The number of aryl methyl sites for hydroxylation is 11. The van der Waals surface area contributed by atoms with Crippen molar-refractivity contribution in [1.82, 2.24) is 34.9 Å². The van der Waals surface area contributed by atoms with E-state index in [0.29, 0.717) is 43.8 Å². The van der Waals surface area contributed by atoms with Crippen LogP contribution in [-0.2, 0) is 103 Å². The van der Waals surface area contributed by atoms with Crippen molar-refractivity contribution in [3.05, 3.63) is 229 Å². The molecular formula is C91H95N9O12. The lowest BCUT2D eigenvalue weighted by atomic mass is 9.86. The molecule has 1 aliphatic heterocycles. The van der Waals surface area contributed by atoms with Gasteiger partial charge in [0.1, 0.15) is 23.0 Å². The maximum Gasteiger partial charge on any atom is 0.335 e. The lowest BCUT2D eigenvalue weighted by molar-refractivity contribution is -0.163. The minimum atomic E-state index is -0.857. The van der Waals surface area contributed by atoms with Crippen molar-refractivity contribution in [1.29, 1.82) is 0 Å². The molecule has 7 aliphatic carbocycles. The minimum absolute atomic E-state index is 0.230. The number of ether oxygens (including phenoxy) is 5. The number of rotatable bonds is 5.